The number of carbonyl (C=O) groups is 4. The second-order valence-electron chi connectivity index (χ2n) is 13.1. The van der Waals surface area contributed by atoms with Crippen LogP contribution in [0.15, 0.2) is 103 Å². The Morgan fingerprint density at radius 3 is 1.60 bits per heavy atom. The van der Waals surface area contributed by atoms with Gasteiger partial charge in [-0.15, -0.1) is 0 Å². The average Bonchev–Trinajstić information content (AvgIpc) is 3.78. The number of amides is 2. The molecule has 2 heterocycles. The number of nitrogens with two attached hydrogens (primary N) is 3. The number of rotatable bonds is 13. The second kappa shape index (κ2) is 16.2. The third kappa shape index (κ3) is 8.32. The number of hydrogen-bond donors (Lipinski definition) is 3. The first-order valence-electron chi connectivity index (χ1n) is 17.5. The van der Waals surface area contributed by atoms with Gasteiger partial charge in [0.1, 0.15) is 5.75 Å². The van der Waals surface area contributed by atoms with Crippen LogP contribution in [0.5, 0.6) is 5.75 Å². The number of nitrogens with zero attached hydrogens (tertiary/aromatic N) is 2. The molecular weight excluding hydrogens is 718 g/mol. The number of ether oxygens (including phenoxy) is 2. The first-order valence-corrected chi connectivity index (χ1v) is 17.9. The zero-order valence-electron chi connectivity index (χ0n) is 30.6. The maximum atomic E-state index is 13.1. The van der Waals surface area contributed by atoms with Crippen LogP contribution in [-0.2, 0) is 27.2 Å². The third-order valence-corrected chi connectivity index (χ3v) is 9.76. The number of benzene rings is 4. The van der Waals surface area contributed by atoms with E-state index in [-0.39, 0.29) is 25.7 Å². The Balaban J connectivity index is 1.20. The van der Waals surface area contributed by atoms with Gasteiger partial charge in [-0.3, -0.25) is 19.2 Å². The summed E-state index contributed by atoms with van der Waals surface area (Å²) in [5.74, 6) is -1.71. The van der Waals surface area contributed by atoms with Gasteiger partial charge >= 0.3 is 11.9 Å². The number of halogens is 1. The standard InChI is InChI=1S/C43H40ClN5O6/c1-25-21-29(42(46)52)8-15-36(25)48-31(10-17-38(48)27-5-4-6-33(23-27)54-3)12-19-40(50)55-41(51)20-13-32-11-18-39(28-7-14-35(45)34(44)24-28)49(32)37-16-9-30(43(47)53)22-26(37)2/h4-11,14-18,21-24H,12-13,19-20,45H2,1-3H3,(H2,46,52)(H2,47,53). The molecule has 0 unspecified atom stereocenters. The molecule has 0 radical (unpaired) electrons. The Kier molecular flexibility index (Phi) is 11.2. The smallest absolute Gasteiger partial charge is 0.313 e. The molecule has 0 aliphatic rings. The van der Waals surface area contributed by atoms with Crippen molar-refractivity contribution < 1.29 is 28.7 Å². The highest BCUT2D eigenvalue weighted by Gasteiger charge is 2.20. The van der Waals surface area contributed by atoms with E-state index >= 15 is 0 Å². The Bertz CT molecular complexity index is 2460. The highest BCUT2D eigenvalue weighted by atomic mass is 35.5. The van der Waals surface area contributed by atoms with E-state index in [1.54, 1.807) is 49.6 Å². The molecule has 6 rings (SSSR count). The molecule has 0 spiro atoms. The van der Waals surface area contributed by atoms with Gasteiger partial charge in [0.15, 0.2) is 0 Å². The van der Waals surface area contributed by atoms with E-state index in [2.05, 4.69) is 0 Å². The molecule has 280 valence electrons. The number of methoxy groups -OCH3 is 1. The van der Waals surface area contributed by atoms with Gasteiger partial charge in [0, 0.05) is 45.0 Å². The van der Waals surface area contributed by atoms with Gasteiger partial charge < -0.3 is 35.8 Å². The first kappa shape index (κ1) is 38.1. The molecular formula is C43H40ClN5O6. The third-order valence-electron chi connectivity index (χ3n) is 9.43. The summed E-state index contributed by atoms with van der Waals surface area (Å²) in [6, 6.07) is 31.0. The lowest BCUT2D eigenvalue weighted by Gasteiger charge is -2.17. The van der Waals surface area contributed by atoms with Crippen LogP contribution < -0.4 is 21.9 Å². The van der Waals surface area contributed by atoms with E-state index in [9.17, 15) is 19.2 Å². The summed E-state index contributed by atoms with van der Waals surface area (Å²) in [5, 5.41) is 0.398. The average molecular weight is 758 g/mol. The summed E-state index contributed by atoms with van der Waals surface area (Å²) in [4.78, 5) is 50.0. The SMILES string of the molecule is COc1cccc(-c2ccc(CCC(=O)OC(=O)CCc3ccc(-c4ccc(N)c(Cl)c4)n3-c3ccc(C(N)=O)cc3C)n2-c2ccc(C(N)=O)cc2C)c1. The molecule has 0 aliphatic heterocycles. The van der Waals surface area contributed by atoms with Crippen molar-refractivity contribution in [3.63, 3.8) is 0 Å². The largest absolute Gasteiger partial charge is 0.497 e. The van der Waals surface area contributed by atoms with Crippen molar-refractivity contribution in [2.24, 2.45) is 11.5 Å². The molecule has 0 aliphatic carbocycles. The molecule has 2 aromatic heterocycles. The van der Waals surface area contributed by atoms with Gasteiger partial charge in [0.25, 0.3) is 0 Å². The van der Waals surface area contributed by atoms with Gasteiger partial charge in [0.2, 0.25) is 11.8 Å². The summed E-state index contributed by atoms with van der Waals surface area (Å²) in [6.45, 7) is 3.75. The molecule has 6 aromatic rings. The topological polar surface area (TPSA) is 175 Å². The summed E-state index contributed by atoms with van der Waals surface area (Å²) >= 11 is 6.37. The fraction of sp³-hybridized carbons (Fsp3) is 0.163. The van der Waals surface area contributed by atoms with Crippen LogP contribution in [0.1, 0.15) is 56.1 Å². The van der Waals surface area contributed by atoms with E-state index < -0.39 is 23.8 Å². The van der Waals surface area contributed by atoms with Crippen molar-refractivity contribution in [2.45, 2.75) is 39.5 Å². The van der Waals surface area contributed by atoms with E-state index in [0.29, 0.717) is 27.6 Å². The number of esters is 2. The molecule has 0 atom stereocenters. The summed E-state index contributed by atoms with van der Waals surface area (Å²) in [5.41, 5.74) is 26.3. The maximum absolute atomic E-state index is 13.1. The molecule has 0 bridgehead atoms. The Morgan fingerprint density at radius 1 is 0.636 bits per heavy atom. The number of nitrogen functional groups attached to an aromatic ring is 1. The molecule has 12 heteroatoms. The number of hydrogen-bond acceptors (Lipinski definition) is 7. The van der Waals surface area contributed by atoms with Gasteiger partial charge in [-0.05, 0) is 123 Å². The summed E-state index contributed by atoms with van der Waals surface area (Å²) in [7, 11) is 1.60. The van der Waals surface area contributed by atoms with Gasteiger partial charge in [-0.25, -0.2) is 0 Å². The van der Waals surface area contributed by atoms with Crippen LogP contribution in [0.25, 0.3) is 33.9 Å². The molecule has 2 amide bonds. The first-order chi connectivity index (χ1) is 26.3. The highest BCUT2D eigenvalue weighted by Crippen LogP contribution is 2.34. The van der Waals surface area contributed by atoms with Crippen molar-refractivity contribution in [3.8, 4) is 39.6 Å². The van der Waals surface area contributed by atoms with Crippen LogP contribution in [0.4, 0.5) is 5.69 Å². The summed E-state index contributed by atoms with van der Waals surface area (Å²) < 4.78 is 14.8. The quantitative estimate of drug-likeness (QED) is 0.0630. The molecule has 6 N–H and O–H groups in total. The lowest BCUT2D eigenvalue weighted by molar-refractivity contribution is -0.159. The monoisotopic (exact) mass is 757 g/mol. The molecule has 55 heavy (non-hydrogen) atoms. The normalized spacial score (nSPS) is 11.0. The van der Waals surface area contributed by atoms with Crippen molar-refractivity contribution >= 4 is 41.0 Å². The molecule has 0 saturated heterocycles. The van der Waals surface area contributed by atoms with E-state index in [0.717, 1.165) is 56.4 Å². The summed E-state index contributed by atoms with van der Waals surface area (Å²) in [6.07, 6.45) is 0.386. The second-order valence-corrected chi connectivity index (χ2v) is 13.5. The van der Waals surface area contributed by atoms with E-state index in [1.165, 1.54) is 0 Å². The van der Waals surface area contributed by atoms with Crippen LogP contribution >= 0.6 is 11.6 Å². The maximum Gasteiger partial charge on any atom is 0.313 e. The van der Waals surface area contributed by atoms with Gasteiger partial charge in [-0.1, -0.05) is 29.8 Å². The fourth-order valence-electron chi connectivity index (χ4n) is 6.65. The minimum absolute atomic E-state index is 0.0600. The predicted octanol–water partition coefficient (Wildman–Crippen LogP) is 7.30. The fourth-order valence-corrected chi connectivity index (χ4v) is 6.83. The Labute approximate surface area is 323 Å². The van der Waals surface area contributed by atoms with E-state index in [4.69, 9.17) is 38.3 Å². The van der Waals surface area contributed by atoms with Crippen LogP contribution in [-0.4, -0.2) is 40.0 Å². The van der Waals surface area contributed by atoms with Crippen molar-refractivity contribution in [2.75, 3.05) is 12.8 Å². The molecule has 11 nitrogen and oxygen atoms in total. The number of anilines is 1. The van der Waals surface area contributed by atoms with Gasteiger partial charge in [0.05, 0.1) is 42.0 Å². The molecule has 0 fully saturated rings. The number of carbonyl (C=O) groups excluding carboxylic acids is 4. The minimum Gasteiger partial charge on any atom is -0.497 e. The molecule has 0 saturated carbocycles. The number of aromatic nitrogens is 2. The van der Waals surface area contributed by atoms with Crippen LogP contribution in [0, 0.1) is 13.8 Å². The van der Waals surface area contributed by atoms with Crippen LogP contribution in [0.3, 0.4) is 0 Å². The van der Waals surface area contributed by atoms with E-state index in [1.807, 2.05) is 83.6 Å². The Morgan fingerprint density at radius 2 is 1.15 bits per heavy atom. The number of primary amides is 2. The van der Waals surface area contributed by atoms with Crippen molar-refractivity contribution in [3.05, 3.63) is 142 Å². The Hall–Kier alpha value is -6.59. The lowest BCUT2D eigenvalue weighted by atomic mass is 10.1. The van der Waals surface area contributed by atoms with Crippen molar-refractivity contribution in [1.82, 2.24) is 9.13 Å². The van der Waals surface area contributed by atoms with Crippen LogP contribution in [0.2, 0.25) is 5.02 Å². The zero-order valence-corrected chi connectivity index (χ0v) is 31.4. The minimum atomic E-state index is -0.666. The predicted molar refractivity (Wildman–Crippen MR) is 213 cm³/mol. The highest BCUT2D eigenvalue weighted by molar-refractivity contribution is 6.33. The molecule has 4 aromatic carbocycles. The lowest BCUT2D eigenvalue weighted by Crippen LogP contribution is -2.16. The number of aryl methyl sites for hydroxylation is 4. The van der Waals surface area contributed by atoms with Crippen molar-refractivity contribution in [1.29, 1.82) is 0 Å². The zero-order chi connectivity index (χ0) is 39.4. The van der Waals surface area contributed by atoms with Gasteiger partial charge in [-0.2, -0.15) is 0 Å².